The van der Waals surface area contributed by atoms with Crippen LogP contribution in [-0.4, -0.2) is 25.0 Å². The highest BCUT2D eigenvalue weighted by Crippen LogP contribution is 2.27. The Kier molecular flexibility index (Phi) is 5.61. The van der Waals surface area contributed by atoms with Gasteiger partial charge in [0.05, 0.1) is 0 Å². The Bertz CT molecular complexity index is 700. The first kappa shape index (κ1) is 17.3. The number of hydrogen-bond acceptors (Lipinski definition) is 3. The number of rotatable bonds is 5. The molecule has 0 fully saturated rings. The molecule has 1 aromatic carbocycles. The van der Waals surface area contributed by atoms with Crippen LogP contribution in [0.3, 0.4) is 0 Å². The Morgan fingerprint density at radius 1 is 1.30 bits per heavy atom. The molecule has 0 aliphatic carbocycles. The minimum absolute atomic E-state index is 0.187. The predicted octanol–water partition coefficient (Wildman–Crippen LogP) is 4.57. The Hall–Kier alpha value is -2.07. The molecular formula is C18H22ClN3O. The van der Waals surface area contributed by atoms with E-state index in [9.17, 15) is 4.79 Å². The van der Waals surface area contributed by atoms with Crippen molar-refractivity contribution in [2.75, 3.05) is 24.3 Å². The number of aromatic nitrogens is 1. The van der Waals surface area contributed by atoms with E-state index in [0.29, 0.717) is 22.5 Å². The van der Waals surface area contributed by atoms with Crippen LogP contribution in [0.4, 0.5) is 11.5 Å². The molecular weight excluding hydrogens is 310 g/mol. The molecule has 1 unspecified atom stereocenters. The van der Waals surface area contributed by atoms with Gasteiger partial charge in [0.15, 0.2) is 0 Å². The summed E-state index contributed by atoms with van der Waals surface area (Å²) in [7, 11) is 3.72. The normalized spacial score (nSPS) is 11.9. The van der Waals surface area contributed by atoms with Crippen molar-refractivity contribution in [2.45, 2.75) is 26.2 Å². The fourth-order valence-electron chi connectivity index (χ4n) is 2.30. The van der Waals surface area contributed by atoms with Crippen molar-refractivity contribution in [2.24, 2.45) is 0 Å². The predicted molar refractivity (Wildman–Crippen MR) is 96.7 cm³/mol. The number of nitrogens with one attached hydrogen (secondary N) is 1. The van der Waals surface area contributed by atoms with Gasteiger partial charge in [-0.2, -0.15) is 0 Å². The lowest BCUT2D eigenvalue weighted by Gasteiger charge is -2.16. The highest BCUT2D eigenvalue weighted by molar-refractivity contribution is 6.30. The van der Waals surface area contributed by atoms with Gasteiger partial charge in [-0.25, -0.2) is 4.98 Å². The van der Waals surface area contributed by atoms with E-state index >= 15 is 0 Å². The van der Waals surface area contributed by atoms with Crippen molar-refractivity contribution in [3.8, 4) is 0 Å². The Labute approximate surface area is 142 Å². The average Bonchev–Trinajstić information content (AvgIpc) is 2.54. The van der Waals surface area contributed by atoms with Crippen LogP contribution in [0.25, 0.3) is 0 Å². The van der Waals surface area contributed by atoms with Crippen molar-refractivity contribution in [3.63, 3.8) is 0 Å². The number of hydrogen-bond donors (Lipinski definition) is 1. The Morgan fingerprint density at radius 3 is 2.65 bits per heavy atom. The minimum atomic E-state index is -0.187. The smallest absolute Gasteiger partial charge is 0.255 e. The molecule has 0 aliphatic rings. The third-order valence-electron chi connectivity index (χ3n) is 3.85. The van der Waals surface area contributed by atoms with Crippen LogP contribution in [-0.2, 0) is 0 Å². The number of anilines is 2. The second-order valence-corrected chi connectivity index (χ2v) is 6.17. The number of nitrogens with zero attached hydrogens (tertiary/aromatic N) is 2. The molecule has 2 rings (SSSR count). The summed E-state index contributed by atoms with van der Waals surface area (Å²) in [6, 6.07) is 11.2. The van der Waals surface area contributed by atoms with Crippen LogP contribution < -0.4 is 10.2 Å². The summed E-state index contributed by atoms with van der Waals surface area (Å²) in [5.74, 6) is 0.843. The van der Waals surface area contributed by atoms with Crippen molar-refractivity contribution >= 4 is 29.0 Å². The van der Waals surface area contributed by atoms with Gasteiger partial charge < -0.3 is 10.2 Å². The standard InChI is InChI=1S/C18H22ClN3O/c1-5-12(2)14-8-6-7-9-15(14)20-18(23)13-10-16(19)21-17(11-13)22(3)4/h6-12H,5H2,1-4H3,(H,20,23). The lowest BCUT2D eigenvalue weighted by atomic mass is 9.97. The van der Waals surface area contributed by atoms with Gasteiger partial charge in [-0.1, -0.05) is 43.6 Å². The fourth-order valence-corrected chi connectivity index (χ4v) is 2.50. The van der Waals surface area contributed by atoms with Crippen LogP contribution in [0, 0.1) is 0 Å². The van der Waals surface area contributed by atoms with Crippen LogP contribution in [0.1, 0.15) is 42.1 Å². The average molecular weight is 332 g/mol. The van der Waals surface area contributed by atoms with E-state index in [1.807, 2.05) is 37.2 Å². The maximum Gasteiger partial charge on any atom is 0.255 e. The summed E-state index contributed by atoms with van der Waals surface area (Å²) < 4.78 is 0. The van der Waals surface area contributed by atoms with E-state index in [2.05, 4.69) is 30.2 Å². The largest absolute Gasteiger partial charge is 0.363 e. The number of carbonyl (C=O) groups is 1. The van der Waals surface area contributed by atoms with Crippen molar-refractivity contribution in [1.29, 1.82) is 0 Å². The molecule has 1 atom stereocenters. The molecule has 1 N–H and O–H groups in total. The lowest BCUT2D eigenvalue weighted by Crippen LogP contribution is -2.16. The number of carbonyl (C=O) groups excluding carboxylic acids is 1. The molecule has 5 heteroatoms. The Balaban J connectivity index is 2.30. The number of pyridine rings is 1. The lowest BCUT2D eigenvalue weighted by molar-refractivity contribution is 0.102. The fraction of sp³-hybridized carbons (Fsp3) is 0.333. The zero-order valence-electron chi connectivity index (χ0n) is 13.9. The summed E-state index contributed by atoms with van der Waals surface area (Å²) >= 11 is 6.03. The van der Waals surface area contributed by atoms with E-state index in [-0.39, 0.29) is 5.91 Å². The monoisotopic (exact) mass is 331 g/mol. The van der Waals surface area contributed by atoms with Gasteiger partial charge >= 0.3 is 0 Å². The first-order valence-corrected chi connectivity index (χ1v) is 8.05. The molecule has 0 aliphatic heterocycles. The summed E-state index contributed by atoms with van der Waals surface area (Å²) in [6.07, 6.45) is 1.01. The van der Waals surface area contributed by atoms with E-state index in [1.54, 1.807) is 12.1 Å². The molecule has 23 heavy (non-hydrogen) atoms. The van der Waals surface area contributed by atoms with Gasteiger partial charge in [0.1, 0.15) is 11.0 Å². The topological polar surface area (TPSA) is 45.2 Å². The molecule has 0 saturated heterocycles. The molecule has 0 radical (unpaired) electrons. The maximum atomic E-state index is 12.6. The molecule has 2 aromatic rings. The van der Waals surface area contributed by atoms with Crippen LogP contribution in [0.15, 0.2) is 36.4 Å². The summed E-state index contributed by atoms with van der Waals surface area (Å²) in [6.45, 7) is 4.29. The molecule has 122 valence electrons. The number of amides is 1. The zero-order valence-corrected chi connectivity index (χ0v) is 14.7. The van der Waals surface area contributed by atoms with E-state index in [4.69, 9.17) is 11.6 Å². The maximum absolute atomic E-state index is 12.6. The first-order valence-electron chi connectivity index (χ1n) is 7.67. The van der Waals surface area contributed by atoms with Gasteiger partial charge in [-0.15, -0.1) is 0 Å². The Morgan fingerprint density at radius 2 is 2.00 bits per heavy atom. The second-order valence-electron chi connectivity index (χ2n) is 5.78. The summed E-state index contributed by atoms with van der Waals surface area (Å²) in [5, 5.41) is 3.29. The summed E-state index contributed by atoms with van der Waals surface area (Å²) in [4.78, 5) is 18.6. The van der Waals surface area contributed by atoms with Crippen LogP contribution >= 0.6 is 11.6 Å². The number of halogens is 1. The van der Waals surface area contributed by atoms with Crippen molar-refractivity contribution < 1.29 is 4.79 Å². The summed E-state index contributed by atoms with van der Waals surface area (Å²) in [5.41, 5.74) is 2.47. The van der Waals surface area contributed by atoms with Gasteiger partial charge in [0, 0.05) is 25.3 Å². The molecule has 0 spiro atoms. The molecule has 0 bridgehead atoms. The molecule has 1 aromatic heterocycles. The van der Waals surface area contributed by atoms with Crippen LogP contribution in [0.2, 0.25) is 5.15 Å². The van der Waals surface area contributed by atoms with Crippen LogP contribution in [0.5, 0.6) is 0 Å². The quantitative estimate of drug-likeness (QED) is 0.816. The zero-order chi connectivity index (χ0) is 17.0. The highest BCUT2D eigenvalue weighted by Gasteiger charge is 2.14. The molecule has 1 heterocycles. The number of para-hydroxylation sites is 1. The first-order chi connectivity index (χ1) is 10.9. The molecule has 1 amide bonds. The molecule has 4 nitrogen and oxygen atoms in total. The van der Waals surface area contributed by atoms with Gasteiger partial charge in [-0.3, -0.25) is 4.79 Å². The minimum Gasteiger partial charge on any atom is -0.363 e. The van der Waals surface area contributed by atoms with Gasteiger partial charge in [0.25, 0.3) is 5.91 Å². The van der Waals surface area contributed by atoms with E-state index in [0.717, 1.165) is 17.7 Å². The van der Waals surface area contributed by atoms with Gasteiger partial charge in [0.2, 0.25) is 0 Å². The second kappa shape index (κ2) is 7.47. The van der Waals surface area contributed by atoms with Crippen molar-refractivity contribution in [1.82, 2.24) is 4.98 Å². The van der Waals surface area contributed by atoms with Gasteiger partial charge in [-0.05, 0) is 36.1 Å². The van der Waals surface area contributed by atoms with E-state index in [1.165, 1.54) is 0 Å². The van der Waals surface area contributed by atoms with Crippen molar-refractivity contribution in [3.05, 3.63) is 52.7 Å². The number of benzene rings is 1. The third-order valence-corrected chi connectivity index (χ3v) is 4.05. The highest BCUT2D eigenvalue weighted by atomic mass is 35.5. The molecule has 0 saturated carbocycles. The SMILES string of the molecule is CCC(C)c1ccccc1NC(=O)c1cc(Cl)nc(N(C)C)c1. The van der Waals surface area contributed by atoms with E-state index < -0.39 is 0 Å². The third kappa shape index (κ3) is 4.23.